The molecule has 102 valence electrons. The van der Waals surface area contributed by atoms with Gasteiger partial charge < -0.3 is 11.1 Å². The Morgan fingerprint density at radius 2 is 2.33 bits per heavy atom. The van der Waals surface area contributed by atoms with Crippen LogP contribution in [0.25, 0.3) is 0 Å². The highest BCUT2D eigenvalue weighted by molar-refractivity contribution is 5.77. The van der Waals surface area contributed by atoms with Crippen molar-refractivity contribution in [3.63, 3.8) is 0 Å². The monoisotopic (exact) mass is 253 g/mol. The van der Waals surface area contributed by atoms with Crippen LogP contribution in [-0.4, -0.2) is 47.3 Å². The number of nitrogens with zero attached hydrogens (tertiary/aromatic N) is 3. The molecule has 0 aliphatic carbocycles. The number of amides is 1. The lowest BCUT2D eigenvalue weighted by molar-refractivity contribution is -0.122. The van der Waals surface area contributed by atoms with Crippen molar-refractivity contribution >= 4 is 11.7 Å². The van der Waals surface area contributed by atoms with Gasteiger partial charge in [0.25, 0.3) is 0 Å². The van der Waals surface area contributed by atoms with Crippen molar-refractivity contribution in [3.05, 3.63) is 12.3 Å². The highest BCUT2D eigenvalue weighted by Crippen LogP contribution is 1.96. The van der Waals surface area contributed by atoms with Crippen LogP contribution in [0.1, 0.15) is 13.8 Å². The van der Waals surface area contributed by atoms with Crippen molar-refractivity contribution in [1.82, 2.24) is 20.0 Å². The summed E-state index contributed by atoms with van der Waals surface area (Å²) in [5, 5.41) is 6.98. The topological polar surface area (TPSA) is 76.2 Å². The van der Waals surface area contributed by atoms with Crippen LogP contribution in [0.4, 0.5) is 5.82 Å². The van der Waals surface area contributed by atoms with Crippen LogP contribution in [-0.2, 0) is 11.3 Å². The van der Waals surface area contributed by atoms with Crippen LogP contribution in [0.5, 0.6) is 0 Å². The van der Waals surface area contributed by atoms with Crippen molar-refractivity contribution in [2.75, 3.05) is 32.4 Å². The quantitative estimate of drug-likeness (QED) is 0.726. The number of anilines is 1. The lowest BCUT2D eigenvalue weighted by Crippen LogP contribution is -2.38. The van der Waals surface area contributed by atoms with E-state index in [9.17, 15) is 4.79 Å². The van der Waals surface area contributed by atoms with E-state index in [4.69, 9.17) is 5.73 Å². The molecule has 1 heterocycles. The number of carbonyl (C=O) groups excluding carboxylic acids is 1. The molecule has 0 fully saturated rings. The molecule has 1 aromatic heterocycles. The summed E-state index contributed by atoms with van der Waals surface area (Å²) in [4.78, 5) is 13.5. The molecule has 0 saturated heterocycles. The highest BCUT2D eigenvalue weighted by Gasteiger charge is 2.07. The number of hydrogen-bond donors (Lipinski definition) is 2. The number of nitrogens with two attached hydrogens (primary N) is 1. The molecular formula is C12H23N5O. The van der Waals surface area contributed by atoms with Crippen molar-refractivity contribution < 1.29 is 4.79 Å². The first-order valence-electron chi connectivity index (χ1n) is 6.21. The Morgan fingerprint density at radius 1 is 1.61 bits per heavy atom. The summed E-state index contributed by atoms with van der Waals surface area (Å²) >= 11 is 0. The molecule has 0 bridgehead atoms. The zero-order chi connectivity index (χ0) is 13.5. The third-order valence-electron chi connectivity index (χ3n) is 2.49. The van der Waals surface area contributed by atoms with E-state index in [1.807, 2.05) is 18.1 Å². The summed E-state index contributed by atoms with van der Waals surface area (Å²) in [6.45, 7) is 6.77. The Kier molecular flexibility index (Phi) is 5.64. The molecule has 0 atom stereocenters. The molecular weight excluding hydrogens is 230 g/mol. The first kappa shape index (κ1) is 14.5. The Bertz CT molecular complexity index is 374. The molecule has 0 aliphatic heterocycles. The van der Waals surface area contributed by atoms with Gasteiger partial charge >= 0.3 is 0 Å². The fourth-order valence-electron chi connectivity index (χ4n) is 1.47. The first-order chi connectivity index (χ1) is 8.47. The van der Waals surface area contributed by atoms with E-state index in [1.165, 1.54) is 0 Å². The molecule has 6 nitrogen and oxygen atoms in total. The van der Waals surface area contributed by atoms with Crippen LogP contribution in [0.2, 0.25) is 0 Å². The maximum atomic E-state index is 11.6. The average Bonchev–Trinajstić information content (AvgIpc) is 2.70. The minimum Gasteiger partial charge on any atom is -0.382 e. The van der Waals surface area contributed by atoms with Gasteiger partial charge in [0.05, 0.1) is 13.1 Å². The van der Waals surface area contributed by atoms with Crippen LogP contribution < -0.4 is 11.1 Å². The number of aromatic nitrogens is 2. The minimum atomic E-state index is 0.0613. The van der Waals surface area contributed by atoms with Gasteiger partial charge in [0.15, 0.2) is 0 Å². The number of nitrogen functional groups attached to an aromatic ring is 1. The second kappa shape index (κ2) is 7.00. The van der Waals surface area contributed by atoms with Crippen molar-refractivity contribution in [1.29, 1.82) is 0 Å². The Labute approximate surface area is 108 Å². The molecule has 1 amide bonds. The number of carbonyl (C=O) groups is 1. The fraction of sp³-hybridized carbons (Fsp3) is 0.667. The summed E-state index contributed by atoms with van der Waals surface area (Å²) in [5.41, 5.74) is 5.52. The van der Waals surface area contributed by atoms with Crippen LogP contribution in [0.15, 0.2) is 12.3 Å². The van der Waals surface area contributed by atoms with Gasteiger partial charge in [0, 0.05) is 19.3 Å². The smallest absolute Gasteiger partial charge is 0.234 e. The number of hydrogen-bond acceptors (Lipinski definition) is 4. The zero-order valence-corrected chi connectivity index (χ0v) is 11.4. The van der Waals surface area contributed by atoms with E-state index in [-0.39, 0.29) is 5.91 Å². The lowest BCUT2D eigenvalue weighted by Gasteiger charge is -2.16. The summed E-state index contributed by atoms with van der Waals surface area (Å²) in [5.74, 6) is 1.06. The summed E-state index contributed by atoms with van der Waals surface area (Å²) in [6.07, 6.45) is 1.84. The van der Waals surface area contributed by atoms with E-state index in [0.717, 1.165) is 19.6 Å². The highest BCUT2D eigenvalue weighted by atomic mass is 16.2. The Hall–Kier alpha value is -1.56. The summed E-state index contributed by atoms with van der Waals surface area (Å²) < 4.78 is 1.78. The van der Waals surface area contributed by atoms with E-state index in [1.54, 1.807) is 10.7 Å². The van der Waals surface area contributed by atoms with E-state index >= 15 is 0 Å². The SMILES string of the molecule is CC(C)CNC(=O)CN(C)CCn1ccc(N)n1. The first-order valence-corrected chi connectivity index (χ1v) is 6.21. The third-order valence-corrected chi connectivity index (χ3v) is 2.49. The summed E-state index contributed by atoms with van der Waals surface area (Å²) in [6, 6.07) is 1.76. The molecule has 6 heteroatoms. The molecule has 0 spiro atoms. The van der Waals surface area contributed by atoms with Gasteiger partial charge in [-0.2, -0.15) is 5.10 Å². The van der Waals surface area contributed by atoms with Crippen molar-refractivity contribution in [2.24, 2.45) is 5.92 Å². The maximum Gasteiger partial charge on any atom is 0.234 e. The van der Waals surface area contributed by atoms with Gasteiger partial charge in [-0.15, -0.1) is 0 Å². The van der Waals surface area contributed by atoms with Crippen LogP contribution in [0, 0.1) is 5.92 Å². The second-order valence-electron chi connectivity index (χ2n) is 4.94. The molecule has 0 aromatic carbocycles. The standard InChI is InChI=1S/C12H23N5O/c1-10(2)8-14-12(18)9-16(3)6-7-17-5-4-11(13)15-17/h4-5,10H,6-9H2,1-3H3,(H2,13,15)(H,14,18). The van der Waals surface area contributed by atoms with Crippen LogP contribution in [0.3, 0.4) is 0 Å². The van der Waals surface area contributed by atoms with E-state index in [0.29, 0.717) is 18.3 Å². The van der Waals surface area contributed by atoms with Gasteiger partial charge in [-0.1, -0.05) is 13.8 Å². The normalized spacial score (nSPS) is 11.2. The predicted octanol–water partition coefficient (Wildman–Crippen LogP) is 0.169. The molecule has 0 saturated carbocycles. The molecule has 0 radical (unpaired) electrons. The molecule has 0 unspecified atom stereocenters. The van der Waals surface area contributed by atoms with Crippen molar-refractivity contribution in [2.45, 2.75) is 20.4 Å². The molecule has 0 aliphatic rings. The molecule has 1 rings (SSSR count). The average molecular weight is 253 g/mol. The second-order valence-corrected chi connectivity index (χ2v) is 4.94. The molecule has 3 N–H and O–H groups in total. The van der Waals surface area contributed by atoms with Gasteiger partial charge in [-0.25, -0.2) is 0 Å². The third kappa shape index (κ3) is 5.67. The number of rotatable bonds is 7. The minimum absolute atomic E-state index is 0.0613. The van der Waals surface area contributed by atoms with Crippen molar-refractivity contribution in [3.8, 4) is 0 Å². The maximum absolute atomic E-state index is 11.6. The summed E-state index contributed by atoms with van der Waals surface area (Å²) in [7, 11) is 1.92. The Balaban J connectivity index is 2.20. The number of nitrogens with one attached hydrogen (secondary N) is 1. The van der Waals surface area contributed by atoms with Gasteiger partial charge in [-0.3, -0.25) is 14.4 Å². The Morgan fingerprint density at radius 3 is 2.89 bits per heavy atom. The lowest BCUT2D eigenvalue weighted by atomic mass is 10.2. The largest absolute Gasteiger partial charge is 0.382 e. The predicted molar refractivity (Wildman–Crippen MR) is 72.0 cm³/mol. The van der Waals surface area contributed by atoms with E-state index < -0.39 is 0 Å². The number of likely N-dealkylation sites (N-methyl/N-ethyl adjacent to an activating group) is 1. The van der Waals surface area contributed by atoms with Gasteiger partial charge in [-0.05, 0) is 19.0 Å². The van der Waals surface area contributed by atoms with Gasteiger partial charge in [0.1, 0.15) is 5.82 Å². The zero-order valence-electron chi connectivity index (χ0n) is 11.4. The van der Waals surface area contributed by atoms with Gasteiger partial charge in [0.2, 0.25) is 5.91 Å². The molecule has 18 heavy (non-hydrogen) atoms. The van der Waals surface area contributed by atoms with E-state index in [2.05, 4.69) is 24.3 Å². The fourth-order valence-corrected chi connectivity index (χ4v) is 1.47. The molecule has 1 aromatic rings. The van der Waals surface area contributed by atoms with Crippen LogP contribution >= 0.6 is 0 Å².